The molecule has 0 aromatic carbocycles. The summed E-state index contributed by atoms with van der Waals surface area (Å²) >= 11 is 0. The molecule has 0 radical (unpaired) electrons. The summed E-state index contributed by atoms with van der Waals surface area (Å²) in [6.45, 7) is 7.59. The van der Waals surface area contributed by atoms with Gasteiger partial charge < -0.3 is 31.9 Å². The number of aliphatic hydroxyl groups is 1. The van der Waals surface area contributed by atoms with Crippen molar-refractivity contribution in [2.75, 3.05) is 0 Å². The average molecular weight is 374 g/mol. The fraction of sp³-hybridized carbons (Fsp3) is 0.750. The van der Waals surface area contributed by atoms with Gasteiger partial charge in [-0.25, -0.2) is 0 Å². The second-order valence-corrected chi connectivity index (χ2v) is 6.46. The van der Waals surface area contributed by atoms with Crippen LogP contribution in [0, 0.1) is 5.92 Å². The van der Waals surface area contributed by atoms with E-state index in [2.05, 4.69) is 16.0 Å². The number of carboxylic acids is 1. The number of nitrogens with one attached hydrogen (secondary N) is 3. The smallest absolute Gasteiger partial charge is 0.325 e. The zero-order valence-corrected chi connectivity index (χ0v) is 15.8. The van der Waals surface area contributed by atoms with Crippen LogP contribution in [-0.2, 0) is 19.2 Å². The topological polar surface area (TPSA) is 171 Å². The second-order valence-electron chi connectivity index (χ2n) is 6.46. The second kappa shape index (κ2) is 10.7. The van der Waals surface area contributed by atoms with Gasteiger partial charge in [-0.1, -0.05) is 20.3 Å². The van der Waals surface area contributed by atoms with Crippen molar-refractivity contribution in [1.82, 2.24) is 16.0 Å². The SMILES string of the molecule is CCC(C)C(NC(=O)C(C)N)C(=O)NC(C(=O)NC(C)C(=O)O)C(C)O. The molecular weight excluding hydrogens is 344 g/mol. The maximum Gasteiger partial charge on any atom is 0.325 e. The Balaban J connectivity index is 5.26. The van der Waals surface area contributed by atoms with Gasteiger partial charge in [-0.3, -0.25) is 19.2 Å². The van der Waals surface area contributed by atoms with Crippen LogP contribution in [0.2, 0.25) is 0 Å². The number of carbonyl (C=O) groups is 4. The van der Waals surface area contributed by atoms with Crippen LogP contribution >= 0.6 is 0 Å². The highest BCUT2D eigenvalue weighted by atomic mass is 16.4. The van der Waals surface area contributed by atoms with Crippen molar-refractivity contribution in [3.63, 3.8) is 0 Å². The Morgan fingerprint density at radius 2 is 1.35 bits per heavy atom. The van der Waals surface area contributed by atoms with Crippen molar-refractivity contribution >= 4 is 23.7 Å². The first-order valence-electron chi connectivity index (χ1n) is 8.49. The molecular formula is C16H30N4O6. The molecule has 3 amide bonds. The molecule has 0 aromatic rings. The van der Waals surface area contributed by atoms with Crippen molar-refractivity contribution < 1.29 is 29.4 Å². The van der Waals surface area contributed by atoms with Gasteiger partial charge in [0.05, 0.1) is 12.1 Å². The minimum atomic E-state index is -1.37. The van der Waals surface area contributed by atoms with E-state index in [-0.39, 0.29) is 5.92 Å². The maximum atomic E-state index is 12.6. The van der Waals surface area contributed by atoms with Gasteiger partial charge in [-0.15, -0.1) is 0 Å². The van der Waals surface area contributed by atoms with Crippen molar-refractivity contribution in [3.05, 3.63) is 0 Å². The minimum Gasteiger partial charge on any atom is -0.480 e. The molecule has 0 bridgehead atoms. The van der Waals surface area contributed by atoms with Gasteiger partial charge >= 0.3 is 5.97 Å². The monoisotopic (exact) mass is 374 g/mol. The van der Waals surface area contributed by atoms with E-state index >= 15 is 0 Å². The molecule has 0 heterocycles. The summed E-state index contributed by atoms with van der Waals surface area (Å²) < 4.78 is 0. The Morgan fingerprint density at radius 3 is 1.73 bits per heavy atom. The molecule has 6 atom stereocenters. The summed E-state index contributed by atoms with van der Waals surface area (Å²) in [5.41, 5.74) is 5.50. The summed E-state index contributed by atoms with van der Waals surface area (Å²) in [5.74, 6) is -3.55. The highest BCUT2D eigenvalue weighted by Crippen LogP contribution is 2.09. The first-order chi connectivity index (χ1) is 11.9. The Hall–Kier alpha value is -2.20. The number of carboxylic acid groups (broad SMARTS) is 1. The molecule has 0 aliphatic rings. The molecule has 0 aliphatic heterocycles. The number of rotatable bonds is 10. The Morgan fingerprint density at radius 1 is 0.885 bits per heavy atom. The Bertz CT molecular complexity index is 523. The lowest BCUT2D eigenvalue weighted by Gasteiger charge is -2.28. The lowest BCUT2D eigenvalue weighted by atomic mass is 9.97. The molecule has 6 unspecified atom stereocenters. The maximum absolute atomic E-state index is 12.6. The Labute approximate surface area is 152 Å². The molecule has 10 nitrogen and oxygen atoms in total. The van der Waals surface area contributed by atoms with E-state index in [1.54, 1.807) is 6.92 Å². The third kappa shape index (κ3) is 7.36. The van der Waals surface area contributed by atoms with Crippen molar-refractivity contribution in [2.24, 2.45) is 11.7 Å². The van der Waals surface area contributed by atoms with Crippen molar-refractivity contribution in [1.29, 1.82) is 0 Å². The molecule has 0 fully saturated rings. The van der Waals surface area contributed by atoms with Crippen LogP contribution in [0.1, 0.15) is 41.0 Å². The van der Waals surface area contributed by atoms with Gasteiger partial charge in [-0.2, -0.15) is 0 Å². The van der Waals surface area contributed by atoms with Gasteiger partial charge in [0, 0.05) is 0 Å². The van der Waals surface area contributed by atoms with Crippen LogP contribution in [-0.4, -0.2) is 64.2 Å². The van der Waals surface area contributed by atoms with Gasteiger partial charge in [-0.05, 0) is 26.7 Å². The quantitative estimate of drug-likeness (QED) is 0.265. The van der Waals surface area contributed by atoms with E-state index in [0.717, 1.165) is 0 Å². The highest BCUT2D eigenvalue weighted by Gasteiger charge is 2.33. The van der Waals surface area contributed by atoms with E-state index < -0.39 is 54.0 Å². The fourth-order valence-electron chi connectivity index (χ4n) is 2.00. The number of amides is 3. The third-order valence-corrected chi connectivity index (χ3v) is 4.00. The lowest BCUT2D eigenvalue weighted by molar-refractivity contribution is -0.142. The van der Waals surface area contributed by atoms with E-state index in [1.807, 2.05) is 6.92 Å². The van der Waals surface area contributed by atoms with Crippen LogP contribution < -0.4 is 21.7 Å². The molecule has 0 saturated carbocycles. The standard InChI is InChI=1S/C16H30N4O6/c1-6-7(2)11(19-13(22)8(3)17)14(23)20-12(10(5)21)15(24)18-9(4)16(25)26/h7-12,21H,6,17H2,1-5H3,(H,18,24)(H,19,22)(H,20,23)(H,25,26). The molecule has 0 saturated heterocycles. The molecule has 0 spiro atoms. The summed E-state index contributed by atoms with van der Waals surface area (Å²) in [6, 6.07) is -4.34. The first kappa shape index (κ1) is 23.8. The van der Waals surface area contributed by atoms with Crippen LogP contribution in [0.15, 0.2) is 0 Å². The molecule has 26 heavy (non-hydrogen) atoms. The molecule has 0 rings (SSSR count). The van der Waals surface area contributed by atoms with Crippen LogP contribution in [0.4, 0.5) is 0 Å². The number of hydrogen-bond donors (Lipinski definition) is 6. The van der Waals surface area contributed by atoms with Crippen LogP contribution in [0.5, 0.6) is 0 Å². The van der Waals surface area contributed by atoms with Gasteiger partial charge in [0.2, 0.25) is 17.7 Å². The molecule has 150 valence electrons. The Kier molecular flexibility index (Phi) is 9.81. The minimum absolute atomic E-state index is 0.256. The zero-order valence-electron chi connectivity index (χ0n) is 15.8. The van der Waals surface area contributed by atoms with Crippen molar-refractivity contribution in [3.8, 4) is 0 Å². The fourth-order valence-corrected chi connectivity index (χ4v) is 2.00. The third-order valence-electron chi connectivity index (χ3n) is 4.00. The number of aliphatic hydroxyl groups excluding tert-OH is 1. The summed E-state index contributed by atoms with van der Waals surface area (Å²) in [4.78, 5) is 47.4. The molecule has 7 N–H and O–H groups in total. The zero-order chi connectivity index (χ0) is 20.6. The van der Waals surface area contributed by atoms with Gasteiger partial charge in [0.1, 0.15) is 18.1 Å². The summed E-state index contributed by atoms with van der Waals surface area (Å²) in [5, 5.41) is 25.7. The average Bonchev–Trinajstić information content (AvgIpc) is 2.55. The molecule has 0 aromatic heterocycles. The predicted octanol–water partition coefficient (Wildman–Crippen LogP) is -1.68. The first-order valence-corrected chi connectivity index (χ1v) is 8.49. The lowest BCUT2D eigenvalue weighted by Crippen LogP contribution is -2.60. The largest absolute Gasteiger partial charge is 0.480 e. The summed E-state index contributed by atoms with van der Waals surface area (Å²) in [7, 11) is 0. The number of hydrogen-bond acceptors (Lipinski definition) is 6. The van der Waals surface area contributed by atoms with Gasteiger partial charge in [0.25, 0.3) is 0 Å². The summed E-state index contributed by atoms with van der Waals surface area (Å²) in [6.07, 6.45) is -0.708. The van der Waals surface area contributed by atoms with Crippen LogP contribution in [0.3, 0.4) is 0 Å². The number of carbonyl (C=O) groups excluding carboxylic acids is 3. The highest BCUT2D eigenvalue weighted by molar-refractivity contribution is 5.94. The van der Waals surface area contributed by atoms with E-state index in [1.165, 1.54) is 20.8 Å². The van der Waals surface area contributed by atoms with Crippen molar-refractivity contribution in [2.45, 2.75) is 71.3 Å². The van der Waals surface area contributed by atoms with Gasteiger partial charge in [0.15, 0.2) is 0 Å². The van der Waals surface area contributed by atoms with E-state index in [9.17, 15) is 24.3 Å². The van der Waals surface area contributed by atoms with Crippen LogP contribution in [0.25, 0.3) is 0 Å². The normalized spacial score (nSPS) is 17.8. The van der Waals surface area contributed by atoms with E-state index in [4.69, 9.17) is 10.8 Å². The van der Waals surface area contributed by atoms with E-state index in [0.29, 0.717) is 6.42 Å². The molecule has 0 aliphatic carbocycles. The number of nitrogens with two attached hydrogens (primary N) is 1. The predicted molar refractivity (Wildman–Crippen MR) is 93.9 cm³/mol. The number of aliphatic carboxylic acids is 1. The molecule has 10 heteroatoms.